The molecule has 1 amide bonds. The number of likely N-dealkylation sites (N-methyl/N-ethyl adjacent to an activating group) is 1. The van der Waals surface area contributed by atoms with E-state index in [0.717, 1.165) is 50.4 Å². The third kappa shape index (κ3) is 3.14. The van der Waals surface area contributed by atoms with Crippen molar-refractivity contribution in [2.45, 2.75) is 31.8 Å². The van der Waals surface area contributed by atoms with Crippen molar-refractivity contribution in [3.05, 3.63) is 29.6 Å². The summed E-state index contributed by atoms with van der Waals surface area (Å²) in [6.45, 7) is 6.30. The molecule has 0 atom stereocenters. The molecule has 3 heterocycles. The average Bonchev–Trinajstić information content (AvgIpc) is 2.57. The molecule has 24 heavy (non-hydrogen) atoms. The number of nitrogens with zero attached hydrogens (tertiary/aromatic N) is 5. The molecule has 2 aliphatic rings. The number of aryl methyl sites for hydroxylation is 1. The van der Waals surface area contributed by atoms with Gasteiger partial charge in [0, 0.05) is 38.4 Å². The van der Waals surface area contributed by atoms with Crippen LogP contribution in [-0.2, 0) is 11.3 Å². The third-order valence-electron chi connectivity index (χ3n) is 5.40. The van der Waals surface area contributed by atoms with Crippen LogP contribution in [-0.4, -0.2) is 70.9 Å². The fourth-order valence-corrected chi connectivity index (χ4v) is 3.87. The van der Waals surface area contributed by atoms with Gasteiger partial charge < -0.3 is 4.90 Å². The summed E-state index contributed by atoms with van der Waals surface area (Å²) < 4.78 is 0. The number of nitriles is 1. The molecular weight excluding hydrogens is 302 g/mol. The molecule has 2 saturated heterocycles. The normalized spacial score (nSPS) is 21.9. The van der Waals surface area contributed by atoms with Crippen molar-refractivity contribution in [2.24, 2.45) is 0 Å². The minimum Gasteiger partial charge on any atom is -0.326 e. The lowest BCUT2D eigenvalue weighted by atomic mass is 9.82. The third-order valence-corrected chi connectivity index (χ3v) is 5.40. The minimum absolute atomic E-state index is 0.131. The van der Waals surface area contributed by atoms with Gasteiger partial charge in [0.1, 0.15) is 12.1 Å². The number of amides is 1. The van der Waals surface area contributed by atoms with Crippen LogP contribution in [0.25, 0.3) is 0 Å². The molecule has 2 aliphatic heterocycles. The first-order chi connectivity index (χ1) is 11.5. The Morgan fingerprint density at radius 2 is 2.00 bits per heavy atom. The summed E-state index contributed by atoms with van der Waals surface area (Å²) >= 11 is 0. The number of carbonyl (C=O) groups excluding carboxylic acids is 1. The summed E-state index contributed by atoms with van der Waals surface area (Å²) in [4.78, 5) is 23.8. The predicted octanol–water partition coefficient (Wildman–Crippen LogP) is 1.02. The maximum atomic E-state index is 12.9. The molecule has 1 spiro atoms. The first-order valence-electron chi connectivity index (χ1n) is 8.57. The summed E-state index contributed by atoms with van der Waals surface area (Å²) in [6.07, 6.45) is 1.63. The Hall–Kier alpha value is -1.97. The van der Waals surface area contributed by atoms with E-state index in [9.17, 15) is 4.79 Å². The van der Waals surface area contributed by atoms with E-state index in [1.807, 2.05) is 26.1 Å². The van der Waals surface area contributed by atoms with Gasteiger partial charge in [-0.15, -0.1) is 0 Å². The predicted molar refractivity (Wildman–Crippen MR) is 91.0 cm³/mol. The summed E-state index contributed by atoms with van der Waals surface area (Å²) in [7, 11) is 2.04. The zero-order valence-corrected chi connectivity index (χ0v) is 14.5. The van der Waals surface area contributed by atoms with Crippen molar-refractivity contribution in [1.82, 2.24) is 19.7 Å². The molecule has 0 saturated carbocycles. The van der Waals surface area contributed by atoms with Crippen LogP contribution in [0.2, 0.25) is 0 Å². The van der Waals surface area contributed by atoms with Crippen LogP contribution < -0.4 is 0 Å². The van der Waals surface area contributed by atoms with E-state index in [0.29, 0.717) is 6.54 Å². The standard InChI is InChI=1S/C18H25N5O/c1-15-4-3-5-16(20-15)14-22-9-6-18(7-10-22)17(24)23(11-8-19)13-12-21(18)2/h3-5H,6-7,9-14H2,1-2H3. The van der Waals surface area contributed by atoms with E-state index in [4.69, 9.17) is 5.26 Å². The number of pyridine rings is 1. The topological polar surface area (TPSA) is 63.5 Å². The van der Waals surface area contributed by atoms with E-state index in [-0.39, 0.29) is 12.5 Å². The Kier molecular flexibility index (Phi) is 4.83. The van der Waals surface area contributed by atoms with Crippen LogP contribution in [0.4, 0.5) is 0 Å². The Morgan fingerprint density at radius 1 is 1.25 bits per heavy atom. The van der Waals surface area contributed by atoms with Gasteiger partial charge in [-0.2, -0.15) is 5.26 Å². The molecule has 0 aromatic carbocycles. The van der Waals surface area contributed by atoms with Crippen molar-refractivity contribution < 1.29 is 4.79 Å². The number of piperidine rings is 1. The Balaban J connectivity index is 1.66. The van der Waals surface area contributed by atoms with Crippen molar-refractivity contribution >= 4 is 5.91 Å². The lowest BCUT2D eigenvalue weighted by molar-refractivity contribution is -0.153. The number of rotatable bonds is 3. The zero-order valence-electron chi connectivity index (χ0n) is 14.5. The second-order valence-electron chi connectivity index (χ2n) is 6.88. The van der Waals surface area contributed by atoms with Gasteiger partial charge in [0.05, 0.1) is 11.8 Å². The van der Waals surface area contributed by atoms with Gasteiger partial charge >= 0.3 is 0 Å². The highest BCUT2D eigenvalue weighted by atomic mass is 16.2. The van der Waals surface area contributed by atoms with Crippen molar-refractivity contribution in [3.63, 3.8) is 0 Å². The summed E-state index contributed by atoms with van der Waals surface area (Å²) in [5.41, 5.74) is 1.70. The quantitative estimate of drug-likeness (QED) is 0.776. The highest BCUT2D eigenvalue weighted by Crippen LogP contribution is 2.33. The number of likely N-dealkylation sites (tertiary alicyclic amines) is 1. The van der Waals surface area contributed by atoms with Gasteiger partial charge in [-0.1, -0.05) is 6.07 Å². The molecule has 1 aromatic rings. The monoisotopic (exact) mass is 327 g/mol. The zero-order chi connectivity index (χ0) is 17.2. The van der Waals surface area contributed by atoms with Crippen LogP contribution in [0, 0.1) is 18.3 Å². The van der Waals surface area contributed by atoms with E-state index < -0.39 is 5.54 Å². The van der Waals surface area contributed by atoms with Crippen LogP contribution in [0.15, 0.2) is 18.2 Å². The molecule has 0 unspecified atom stereocenters. The lowest BCUT2D eigenvalue weighted by Crippen LogP contribution is -2.67. The van der Waals surface area contributed by atoms with E-state index in [1.165, 1.54) is 0 Å². The number of piperazine rings is 1. The molecular formula is C18H25N5O. The van der Waals surface area contributed by atoms with Crippen LogP contribution in [0.1, 0.15) is 24.2 Å². The van der Waals surface area contributed by atoms with E-state index in [1.54, 1.807) is 4.90 Å². The molecule has 6 nitrogen and oxygen atoms in total. The van der Waals surface area contributed by atoms with Gasteiger partial charge in [-0.3, -0.25) is 19.6 Å². The highest BCUT2D eigenvalue weighted by molar-refractivity contribution is 5.87. The van der Waals surface area contributed by atoms with Crippen LogP contribution >= 0.6 is 0 Å². The summed E-state index contributed by atoms with van der Waals surface area (Å²) in [5.74, 6) is 0.131. The molecule has 2 fully saturated rings. The molecule has 0 aliphatic carbocycles. The molecule has 3 rings (SSSR count). The molecule has 128 valence electrons. The first kappa shape index (κ1) is 16.9. The van der Waals surface area contributed by atoms with Crippen molar-refractivity contribution in [3.8, 4) is 6.07 Å². The van der Waals surface area contributed by atoms with Gasteiger partial charge in [-0.05, 0) is 38.9 Å². The summed E-state index contributed by atoms with van der Waals surface area (Å²) in [6, 6.07) is 8.23. The van der Waals surface area contributed by atoms with Crippen LogP contribution in [0.3, 0.4) is 0 Å². The molecule has 1 aromatic heterocycles. The fraction of sp³-hybridized carbons (Fsp3) is 0.611. The van der Waals surface area contributed by atoms with Gasteiger partial charge in [0.25, 0.3) is 0 Å². The molecule has 0 radical (unpaired) electrons. The largest absolute Gasteiger partial charge is 0.326 e. The Labute approximate surface area is 143 Å². The van der Waals surface area contributed by atoms with Crippen molar-refractivity contribution in [1.29, 1.82) is 5.26 Å². The smallest absolute Gasteiger partial charge is 0.244 e. The Bertz CT molecular complexity index is 645. The lowest BCUT2D eigenvalue weighted by Gasteiger charge is -2.51. The Morgan fingerprint density at radius 3 is 2.67 bits per heavy atom. The highest BCUT2D eigenvalue weighted by Gasteiger charge is 2.49. The first-order valence-corrected chi connectivity index (χ1v) is 8.57. The molecule has 0 bridgehead atoms. The maximum Gasteiger partial charge on any atom is 0.244 e. The van der Waals surface area contributed by atoms with Crippen molar-refractivity contribution in [2.75, 3.05) is 39.8 Å². The minimum atomic E-state index is -0.425. The van der Waals surface area contributed by atoms with Gasteiger partial charge in [0.2, 0.25) is 5.91 Å². The maximum absolute atomic E-state index is 12.9. The molecule has 6 heteroatoms. The second-order valence-corrected chi connectivity index (χ2v) is 6.88. The van der Waals surface area contributed by atoms with E-state index >= 15 is 0 Å². The second kappa shape index (κ2) is 6.88. The average molecular weight is 327 g/mol. The fourth-order valence-electron chi connectivity index (χ4n) is 3.87. The number of carbonyl (C=O) groups is 1. The number of hydrogen-bond donors (Lipinski definition) is 0. The summed E-state index contributed by atoms with van der Waals surface area (Å²) in [5, 5.41) is 8.94. The van der Waals surface area contributed by atoms with Crippen LogP contribution in [0.5, 0.6) is 0 Å². The molecule has 0 N–H and O–H groups in total. The van der Waals surface area contributed by atoms with Gasteiger partial charge in [0.15, 0.2) is 0 Å². The van der Waals surface area contributed by atoms with Gasteiger partial charge in [-0.25, -0.2) is 0 Å². The SMILES string of the molecule is Cc1cccc(CN2CCC3(CC2)C(=O)N(CC#N)CCN3C)n1. The number of aromatic nitrogens is 1. The number of hydrogen-bond acceptors (Lipinski definition) is 5. The van der Waals surface area contributed by atoms with E-state index in [2.05, 4.69) is 26.9 Å².